The van der Waals surface area contributed by atoms with Crippen LogP contribution in [-0.4, -0.2) is 21.0 Å². The van der Waals surface area contributed by atoms with E-state index >= 15 is 0 Å². The zero-order valence-corrected chi connectivity index (χ0v) is 14.9. The smallest absolute Gasteiger partial charge is 0.339 e. The molecule has 0 bridgehead atoms. The molecule has 1 aliphatic rings. The Kier molecular flexibility index (Phi) is 5.57. The lowest BCUT2D eigenvalue weighted by molar-refractivity contribution is 0.0442. The van der Waals surface area contributed by atoms with E-state index in [0.717, 1.165) is 31.7 Å². The fourth-order valence-electron chi connectivity index (χ4n) is 2.32. The Balaban J connectivity index is 2.20. The van der Waals surface area contributed by atoms with E-state index in [-0.39, 0.29) is 20.0 Å². The van der Waals surface area contributed by atoms with Gasteiger partial charge in [0.2, 0.25) is 0 Å². The molecule has 1 aliphatic carbocycles. The molecule has 116 valence electrons. The van der Waals surface area contributed by atoms with Crippen molar-refractivity contribution in [2.75, 3.05) is 6.61 Å². The highest BCUT2D eigenvalue weighted by atomic mass is 79.9. The lowest BCUT2D eigenvalue weighted by atomic mass is 10.1. The number of hydrogen-bond acceptors (Lipinski definition) is 4. The predicted molar refractivity (Wildman–Crippen MR) is 84.4 cm³/mol. The number of esters is 1. The van der Waals surface area contributed by atoms with E-state index in [9.17, 15) is 13.2 Å². The minimum Gasteiger partial charge on any atom is -0.462 e. The van der Waals surface area contributed by atoms with Crippen LogP contribution in [0.25, 0.3) is 0 Å². The second-order valence-corrected chi connectivity index (χ2v) is 8.75. The van der Waals surface area contributed by atoms with E-state index in [1.165, 1.54) is 6.07 Å². The fraction of sp³-hybridized carbons (Fsp3) is 0.462. The van der Waals surface area contributed by atoms with E-state index in [4.69, 9.17) is 27.0 Å². The molecule has 4 nitrogen and oxygen atoms in total. The SMILES string of the molecule is O=C(OCC1CCCC1)c1cc(S(=O)(=O)Cl)c(Br)cc1Cl. The maximum absolute atomic E-state index is 12.1. The highest BCUT2D eigenvalue weighted by Crippen LogP contribution is 2.32. The molecule has 1 fully saturated rings. The summed E-state index contributed by atoms with van der Waals surface area (Å²) in [6.45, 7) is 0.328. The van der Waals surface area contributed by atoms with E-state index in [1.54, 1.807) is 0 Å². The fourth-order valence-corrected chi connectivity index (χ4v) is 4.89. The van der Waals surface area contributed by atoms with Crippen LogP contribution in [0.3, 0.4) is 0 Å². The van der Waals surface area contributed by atoms with Crippen LogP contribution >= 0.6 is 38.2 Å². The van der Waals surface area contributed by atoms with Gasteiger partial charge in [0, 0.05) is 15.2 Å². The Morgan fingerprint density at radius 3 is 2.52 bits per heavy atom. The van der Waals surface area contributed by atoms with Crippen LogP contribution in [0.1, 0.15) is 36.0 Å². The average Bonchev–Trinajstić information content (AvgIpc) is 2.87. The average molecular weight is 416 g/mol. The molecular weight excluding hydrogens is 403 g/mol. The molecule has 0 atom stereocenters. The van der Waals surface area contributed by atoms with Gasteiger partial charge in [-0.3, -0.25) is 0 Å². The van der Waals surface area contributed by atoms with Crippen molar-refractivity contribution in [2.45, 2.75) is 30.6 Å². The molecule has 8 heteroatoms. The van der Waals surface area contributed by atoms with Gasteiger partial charge >= 0.3 is 5.97 Å². The molecule has 0 aliphatic heterocycles. The standard InChI is InChI=1S/C13H13BrCl2O4S/c14-10-6-11(15)9(5-12(10)21(16,18)19)13(17)20-7-8-3-1-2-4-8/h5-6,8H,1-4,7H2. The third-order valence-corrected chi connectivity index (χ3v) is 6.02. The van der Waals surface area contributed by atoms with Crippen molar-refractivity contribution in [3.63, 3.8) is 0 Å². The van der Waals surface area contributed by atoms with Crippen LogP contribution in [0.15, 0.2) is 21.5 Å². The van der Waals surface area contributed by atoms with Gasteiger partial charge in [-0.2, -0.15) is 0 Å². The Morgan fingerprint density at radius 2 is 1.95 bits per heavy atom. The van der Waals surface area contributed by atoms with Gasteiger partial charge in [-0.1, -0.05) is 24.4 Å². The second kappa shape index (κ2) is 6.86. The van der Waals surface area contributed by atoms with Crippen LogP contribution in [0, 0.1) is 5.92 Å². The third kappa shape index (κ3) is 4.34. The third-order valence-electron chi connectivity index (χ3n) is 3.43. The molecule has 0 N–H and O–H groups in total. The molecule has 0 saturated heterocycles. The summed E-state index contributed by atoms with van der Waals surface area (Å²) in [5.41, 5.74) is -0.00270. The number of benzene rings is 1. The van der Waals surface area contributed by atoms with Crippen LogP contribution in [0.5, 0.6) is 0 Å². The molecule has 1 saturated carbocycles. The van der Waals surface area contributed by atoms with E-state index in [2.05, 4.69) is 15.9 Å². The summed E-state index contributed by atoms with van der Waals surface area (Å²) in [6.07, 6.45) is 4.39. The van der Waals surface area contributed by atoms with E-state index in [0.29, 0.717) is 12.5 Å². The van der Waals surface area contributed by atoms with Crippen LogP contribution in [0.4, 0.5) is 0 Å². The summed E-state index contributed by atoms with van der Waals surface area (Å²) in [5, 5.41) is 0.113. The van der Waals surface area contributed by atoms with Gasteiger partial charge in [0.05, 0.1) is 22.1 Å². The highest BCUT2D eigenvalue weighted by molar-refractivity contribution is 9.10. The van der Waals surface area contributed by atoms with Crippen LogP contribution < -0.4 is 0 Å². The lowest BCUT2D eigenvalue weighted by Crippen LogP contribution is -2.13. The molecule has 1 aromatic rings. The number of hydrogen-bond donors (Lipinski definition) is 0. The number of carbonyl (C=O) groups excluding carboxylic acids is 1. The summed E-state index contributed by atoms with van der Waals surface area (Å²) in [6, 6.07) is 2.45. The summed E-state index contributed by atoms with van der Waals surface area (Å²) in [7, 11) is 1.34. The zero-order chi connectivity index (χ0) is 15.6. The van der Waals surface area contributed by atoms with E-state index < -0.39 is 15.0 Å². The molecule has 0 unspecified atom stereocenters. The van der Waals surface area contributed by atoms with Crippen molar-refractivity contribution in [2.24, 2.45) is 5.92 Å². The molecule has 0 radical (unpaired) electrons. The number of halogens is 3. The molecule has 0 amide bonds. The van der Waals surface area contributed by atoms with Crippen molar-refractivity contribution >= 4 is 53.2 Å². The molecular formula is C13H13BrCl2O4S. The van der Waals surface area contributed by atoms with Crippen LogP contribution in [-0.2, 0) is 13.8 Å². The van der Waals surface area contributed by atoms with Crippen molar-refractivity contribution in [1.29, 1.82) is 0 Å². The minimum atomic E-state index is -3.98. The maximum Gasteiger partial charge on any atom is 0.339 e. The molecule has 0 aromatic heterocycles. The van der Waals surface area contributed by atoms with Crippen LogP contribution in [0.2, 0.25) is 5.02 Å². The first kappa shape index (κ1) is 17.1. The van der Waals surface area contributed by atoms with Gasteiger partial charge in [-0.25, -0.2) is 13.2 Å². The molecule has 21 heavy (non-hydrogen) atoms. The minimum absolute atomic E-state index is 0.00270. The monoisotopic (exact) mass is 414 g/mol. The normalized spacial score (nSPS) is 16.1. The molecule has 0 heterocycles. The van der Waals surface area contributed by atoms with Gasteiger partial charge in [-0.15, -0.1) is 0 Å². The predicted octanol–water partition coefficient (Wildman–Crippen LogP) is 4.38. The Hall–Kier alpha value is -0.300. The summed E-state index contributed by atoms with van der Waals surface area (Å²) >= 11 is 9.03. The zero-order valence-electron chi connectivity index (χ0n) is 10.9. The number of rotatable bonds is 4. The van der Waals surface area contributed by atoms with Gasteiger partial charge in [-0.05, 0) is 46.8 Å². The van der Waals surface area contributed by atoms with E-state index in [1.807, 2.05) is 0 Å². The van der Waals surface area contributed by atoms with Gasteiger partial charge < -0.3 is 4.74 Å². The Morgan fingerprint density at radius 1 is 1.33 bits per heavy atom. The number of ether oxygens (including phenoxy) is 1. The first-order valence-electron chi connectivity index (χ1n) is 6.40. The van der Waals surface area contributed by atoms with Gasteiger partial charge in [0.15, 0.2) is 0 Å². The summed E-state index contributed by atoms with van der Waals surface area (Å²) < 4.78 is 28.3. The highest BCUT2D eigenvalue weighted by Gasteiger charge is 2.23. The summed E-state index contributed by atoms with van der Waals surface area (Å²) in [5.74, 6) is -0.264. The molecule has 1 aromatic carbocycles. The topological polar surface area (TPSA) is 60.4 Å². The Labute approximate surface area is 141 Å². The van der Waals surface area contributed by atoms with Gasteiger partial charge in [0.1, 0.15) is 0 Å². The number of carbonyl (C=O) groups is 1. The van der Waals surface area contributed by atoms with Crippen molar-refractivity contribution in [3.05, 3.63) is 27.2 Å². The first-order valence-corrected chi connectivity index (χ1v) is 9.88. The van der Waals surface area contributed by atoms with Crippen molar-refractivity contribution < 1.29 is 17.9 Å². The lowest BCUT2D eigenvalue weighted by Gasteiger charge is -2.12. The maximum atomic E-state index is 12.1. The van der Waals surface area contributed by atoms with Crippen molar-refractivity contribution in [3.8, 4) is 0 Å². The largest absolute Gasteiger partial charge is 0.462 e. The molecule has 2 rings (SSSR count). The van der Waals surface area contributed by atoms with Crippen molar-refractivity contribution in [1.82, 2.24) is 0 Å². The first-order chi connectivity index (χ1) is 9.79. The quantitative estimate of drug-likeness (QED) is 0.540. The summed E-state index contributed by atoms with van der Waals surface area (Å²) in [4.78, 5) is 11.8. The second-order valence-electron chi connectivity index (χ2n) is 4.95. The van der Waals surface area contributed by atoms with Gasteiger partial charge in [0.25, 0.3) is 9.05 Å². The molecule has 0 spiro atoms. The Bertz CT molecular complexity index is 654.